The van der Waals surface area contributed by atoms with Gasteiger partial charge in [0, 0.05) is 49.9 Å². The number of amides is 1. The Kier molecular flexibility index (Phi) is 13.2. The first-order chi connectivity index (χ1) is 18.1. The number of rotatable bonds is 14. The highest BCUT2D eigenvalue weighted by Crippen LogP contribution is 2.15. The van der Waals surface area contributed by atoms with Crippen molar-refractivity contribution < 1.29 is 9.53 Å². The predicted octanol–water partition coefficient (Wildman–Crippen LogP) is 4.26. The Balaban J connectivity index is 1.18. The fourth-order valence-electron chi connectivity index (χ4n) is 4.03. The molecule has 1 aromatic heterocycles. The van der Waals surface area contributed by atoms with Gasteiger partial charge in [0.05, 0.1) is 0 Å². The molecule has 2 aromatic rings. The van der Waals surface area contributed by atoms with Crippen LogP contribution in [-0.4, -0.2) is 60.2 Å². The highest BCUT2D eigenvalue weighted by Gasteiger charge is 2.10. The molecule has 9 heteroatoms. The van der Waals surface area contributed by atoms with Crippen molar-refractivity contribution in [3.63, 3.8) is 0 Å². The van der Waals surface area contributed by atoms with Gasteiger partial charge >= 0.3 is 0 Å². The molecule has 3 N–H and O–H groups in total. The van der Waals surface area contributed by atoms with E-state index in [1.54, 1.807) is 6.20 Å². The minimum atomic E-state index is 0.0149. The monoisotopic (exact) mass is 543 g/mol. The second-order valence-corrected chi connectivity index (χ2v) is 9.93. The summed E-state index contributed by atoms with van der Waals surface area (Å²) in [5, 5.41) is 10.5. The summed E-state index contributed by atoms with van der Waals surface area (Å²) in [6.07, 6.45) is 11.5. The summed E-state index contributed by atoms with van der Waals surface area (Å²) in [4.78, 5) is 18.8. The minimum absolute atomic E-state index is 0.0149. The van der Waals surface area contributed by atoms with Gasteiger partial charge in [-0.15, -0.1) is 0 Å². The molecule has 1 saturated heterocycles. The van der Waals surface area contributed by atoms with E-state index in [0.717, 1.165) is 24.5 Å². The van der Waals surface area contributed by atoms with Gasteiger partial charge in [-0.1, -0.05) is 36.2 Å². The third kappa shape index (κ3) is 12.4. The Hall–Kier alpha value is -2.68. The number of piperidine rings is 1. The van der Waals surface area contributed by atoms with Crippen LogP contribution in [0, 0.1) is 0 Å². The predicted molar refractivity (Wildman–Crippen MR) is 154 cm³/mol. The molecular formula is C28H38ClN5O2S. The zero-order valence-corrected chi connectivity index (χ0v) is 23.0. The second kappa shape index (κ2) is 16.9. The molecule has 1 aliphatic rings. The van der Waals surface area contributed by atoms with Crippen molar-refractivity contribution in [3.05, 3.63) is 70.9 Å². The van der Waals surface area contributed by atoms with Gasteiger partial charge in [0.25, 0.3) is 0 Å². The molecule has 0 saturated carbocycles. The van der Waals surface area contributed by atoms with Crippen molar-refractivity contribution >= 4 is 34.8 Å². The highest BCUT2D eigenvalue weighted by molar-refractivity contribution is 7.80. The normalized spacial score (nSPS) is 13.9. The van der Waals surface area contributed by atoms with Gasteiger partial charge in [-0.05, 0) is 86.4 Å². The molecule has 0 aliphatic carbocycles. The number of ether oxygens (including phenoxy) is 1. The van der Waals surface area contributed by atoms with Gasteiger partial charge in [0.1, 0.15) is 6.61 Å². The average Bonchev–Trinajstić information content (AvgIpc) is 2.90. The zero-order chi connectivity index (χ0) is 26.1. The van der Waals surface area contributed by atoms with Gasteiger partial charge in [-0.25, -0.2) is 4.98 Å². The van der Waals surface area contributed by atoms with Crippen LogP contribution in [0.15, 0.2) is 54.7 Å². The van der Waals surface area contributed by atoms with Gasteiger partial charge in [0.15, 0.2) is 5.11 Å². The number of carbonyl (C=O) groups excluding carboxylic acids is 1. The minimum Gasteiger partial charge on any atom is -0.473 e. The zero-order valence-electron chi connectivity index (χ0n) is 21.4. The van der Waals surface area contributed by atoms with Gasteiger partial charge in [-0.3, -0.25) is 9.69 Å². The van der Waals surface area contributed by atoms with Crippen LogP contribution in [0.4, 0.5) is 0 Å². The third-order valence-corrected chi connectivity index (χ3v) is 6.58. The number of aromatic nitrogens is 1. The molecular weight excluding hydrogens is 506 g/mol. The maximum absolute atomic E-state index is 12.0. The number of benzene rings is 1. The molecule has 0 radical (unpaired) electrons. The summed E-state index contributed by atoms with van der Waals surface area (Å²) in [7, 11) is 0. The van der Waals surface area contributed by atoms with Crippen LogP contribution in [0.5, 0.6) is 5.88 Å². The van der Waals surface area contributed by atoms with E-state index in [1.165, 1.54) is 43.5 Å². The van der Waals surface area contributed by atoms with Crippen molar-refractivity contribution in [2.45, 2.75) is 45.1 Å². The number of hydrogen-bond acceptors (Lipinski definition) is 5. The summed E-state index contributed by atoms with van der Waals surface area (Å²) in [5.74, 6) is 0.647. The first kappa shape index (κ1) is 28.9. The fourth-order valence-corrected chi connectivity index (χ4v) is 4.36. The standard InChI is InChI=1S/C28H38ClN5O2S/c29-25-10-8-23(9-11-25)12-17-33-28(37)32-15-6-7-26(35)30-14-2-5-20-36-27-21-24(13-16-31-27)22-34-18-3-1-4-19-34/h2,5,8-11,13,16,21H,1,3-4,6-7,12,14-15,17-20,22H2,(H,30,35)(H2,32,33,37)/b5-2-. The number of hydrogen-bond donors (Lipinski definition) is 3. The van der Waals surface area contributed by atoms with E-state index in [0.29, 0.717) is 43.5 Å². The lowest BCUT2D eigenvalue weighted by molar-refractivity contribution is -0.120. The maximum atomic E-state index is 12.0. The lowest BCUT2D eigenvalue weighted by Crippen LogP contribution is -2.37. The molecule has 0 spiro atoms. The first-order valence-corrected chi connectivity index (χ1v) is 13.8. The largest absolute Gasteiger partial charge is 0.473 e. The number of nitrogens with one attached hydrogen (secondary N) is 3. The third-order valence-electron chi connectivity index (χ3n) is 6.04. The van der Waals surface area contributed by atoms with Crippen LogP contribution < -0.4 is 20.7 Å². The molecule has 1 amide bonds. The van der Waals surface area contributed by atoms with Crippen molar-refractivity contribution in [1.82, 2.24) is 25.8 Å². The Morgan fingerprint density at radius 1 is 1.03 bits per heavy atom. The number of nitrogens with zero attached hydrogens (tertiary/aromatic N) is 2. The number of thiocarbonyl (C=S) groups is 1. The molecule has 37 heavy (non-hydrogen) atoms. The van der Waals surface area contributed by atoms with Crippen LogP contribution in [0.2, 0.25) is 5.02 Å². The molecule has 0 bridgehead atoms. The van der Waals surface area contributed by atoms with Crippen LogP contribution in [-0.2, 0) is 17.8 Å². The van der Waals surface area contributed by atoms with Gasteiger partial charge in [0.2, 0.25) is 11.8 Å². The summed E-state index contributed by atoms with van der Waals surface area (Å²) >= 11 is 11.2. The van der Waals surface area contributed by atoms with E-state index in [4.69, 9.17) is 28.6 Å². The maximum Gasteiger partial charge on any atom is 0.220 e. The average molecular weight is 544 g/mol. The van der Waals surface area contributed by atoms with Crippen LogP contribution in [0.1, 0.15) is 43.2 Å². The smallest absolute Gasteiger partial charge is 0.220 e. The topological polar surface area (TPSA) is 78.5 Å². The molecule has 0 unspecified atom stereocenters. The van der Waals surface area contributed by atoms with Gasteiger partial charge < -0.3 is 20.7 Å². The Bertz CT molecular complexity index is 996. The molecule has 1 aliphatic heterocycles. The SMILES string of the molecule is O=C(CCCNC(=S)NCCc1ccc(Cl)cc1)NC/C=C\COc1cc(CN2CCCCC2)ccn1. The highest BCUT2D eigenvalue weighted by atomic mass is 35.5. The van der Waals surface area contributed by atoms with E-state index in [9.17, 15) is 4.79 Å². The molecule has 1 fully saturated rings. The Morgan fingerprint density at radius 3 is 2.62 bits per heavy atom. The van der Waals surface area contributed by atoms with Gasteiger partial charge in [-0.2, -0.15) is 0 Å². The fraction of sp³-hybridized carbons (Fsp3) is 0.464. The second-order valence-electron chi connectivity index (χ2n) is 9.09. The van der Waals surface area contributed by atoms with Crippen LogP contribution in [0.25, 0.3) is 0 Å². The van der Waals surface area contributed by atoms with E-state index < -0.39 is 0 Å². The first-order valence-electron chi connectivity index (χ1n) is 13.1. The molecule has 200 valence electrons. The molecule has 1 aromatic carbocycles. The van der Waals surface area contributed by atoms with E-state index >= 15 is 0 Å². The molecule has 3 rings (SSSR count). The van der Waals surface area contributed by atoms with Crippen molar-refractivity contribution in [2.75, 3.05) is 39.3 Å². The summed E-state index contributed by atoms with van der Waals surface area (Å²) in [6, 6.07) is 11.9. The molecule has 7 nitrogen and oxygen atoms in total. The lowest BCUT2D eigenvalue weighted by atomic mass is 10.1. The van der Waals surface area contributed by atoms with Crippen LogP contribution >= 0.6 is 23.8 Å². The summed E-state index contributed by atoms with van der Waals surface area (Å²) in [6.45, 7) is 5.56. The molecule has 2 heterocycles. The Morgan fingerprint density at radius 2 is 1.81 bits per heavy atom. The Labute approximate surface area is 231 Å². The van der Waals surface area contributed by atoms with Crippen molar-refractivity contribution in [3.8, 4) is 5.88 Å². The van der Waals surface area contributed by atoms with Crippen LogP contribution in [0.3, 0.4) is 0 Å². The summed E-state index contributed by atoms with van der Waals surface area (Å²) < 4.78 is 5.74. The lowest BCUT2D eigenvalue weighted by Gasteiger charge is -2.26. The summed E-state index contributed by atoms with van der Waals surface area (Å²) in [5.41, 5.74) is 2.43. The number of carbonyl (C=O) groups is 1. The number of likely N-dealkylation sites (tertiary alicyclic amines) is 1. The number of halogens is 1. The van der Waals surface area contributed by atoms with E-state index in [-0.39, 0.29) is 5.91 Å². The number of pyridine rings is 1. The molecule has 0 atom stereocenters. The van der Waals surface area contributed by atoms with E-state index in [2.05, 4.69) is 31.9 Å². The van der Waals surface area contributed by atoms with Crippen molar-refractivity contribution in [1.29, 1.82) is 0 Å². The van der Waals surface area contributed by atoms with Crippen molar-refractivity contribution in [2.24, 2.45) is 0 Å². The van der Waals surface area contributed by atoms with E-state index in [1.807, 2.05) is 42.5 Å². The quantitative estimate of drug-likeness (QED) is 0.187.